The Morgan fingerprint density at radius 1 is 1.06 bits per heavy atom. The molecule has 0 saturated carbocycles. The molecule has 0 N–H and O–H groups in total. The molecular weight excluding hydrogens is 306 g/mol. The lowest BCUT2D eigenvalue weighted by atomic mass is 10.2. The van der Waals surface area contributed by atoms with Gasteiger partial charge in [-0.05, 0) is 24.3 Å². The summed E-state index contributed by atoms with van der Waals surface area (Å²) in [4.78, 5) is 0. The summed E-state index contributed by atoms with van der Waals surface area (Å²) < 4.78 is 19.0. The van der Waals surface area contributed by atoms with Crippen LogP contribution in [0.5, 0.6) is 11.5 Å². The predicted molar refractivity (Wildman–Crippen MR) is 70.6 cm³/mol. The summed E-state index contributed by atoms with van der Waals surface area (Å²) in [5.41, 5.74) is 0.803. The van der Waals surface area contributed by atoms with E-state index in [9.17, 15) is 4.39 Å². The molecule has 0 unspecified atom stereocenters. The van der Waals surface area contributed by atoms with Crippen molar-refractivity contribution in [1.29, 1.82) is 0 Å². The summed E-state index contributed by atoms with van der Waals surface area (Å²) >= 11 is 9.36. The Bertz CT molecular complexity index is 531. The molecule has 0 amide bonds. The zero-order valence-corrected chi connectivity index (χ0v) is 11.1. The van der Waals surface area contributed by atoms with Crippen molar-refractivity contribution < 1.29 is 9.13 Å². The molecule has 0 atom stereocenters. The Morgan fingerprint density at radius 2 is 1.76 bits per heavy atom. The van der Waals surface area contributed by atoms with Crippen LogP contribution >= 0.6 is 27.5 Å². The number of rotatable bonds is 3. The molecule has 88 valence electrons. The summed E-state index contributed by atoms with van der Waals surface area (Å²) in [5, 5.41) is 1.15. The fraction of sp³-hybridized carbons (Fsp3) is 0.0769. The van der Waals surface area contributed by atoms with Crippen LogP contribution in [-0.4, -0.2) is 0 Å². The smallest absolute Gasteiger partial charge is 0.165 e. The van der Waals surface area contributed by atoms with E-state index in [1.807, 2.05) is 0 Å². The van der Waals surface area contributed by atoms with Gasteiger partial charge in [0.2, 0.25) is 0 Å². The van der Waals surface area contributed by atoms with Crippen LogP contribution in [0, 0.1) is 5.82 Å². The van der Waals surface area contributed by atoms with Gasteiger partial charge in [-0.2, -0.15) is 0 Å². The Morgan fingerprint density at radius 3 is 2.47 bits per heavy atom. The molecule has 0 spiro atoms. The summed E-state index contributed by atoms with van der Waals surface area (Å²) in [6.45, 7) is 0. The molecule has 0 aliphatic heterocycles. The maximum atomic E-state index is 13.4. The lowest BCUT2D eigenvalue weighted by Gasteiger charge is -2.11. The van der Waals surface area contributed by atoms with E-state index in [0.717, 1.165) is 5.56 Å². The molecule has 0 fully saturated rings. The highest BCUT2D eigenvalue weighted by molar-refractivity contribution is 9.08. The van der Waals surface area contributed by atoms with Crippen LogP contribution in [0.15, 0.2) is 42.5 Å². The molecule has 17 heavy (non-hydrogen) atoms. The molecule has 2 aromatic rings. The van der Waals surface area contributed by atoms with Gasteiger partial charge in [-0.3, -0.25) is 0 Å². The molecule has 2 rings (SSSR count). The van der Waals surface area contributed by atoms with Crippen LogP contribution in [0.2, 0.25) is 5.02 Å². The van der Waals surface area contributed by atoms with Crippen LogP contribution in [0.1, 0.15) is 5.56 Å². The van der Waals surface area contributed by atoms with E-state index in [-0.39, 0.29) is 5.75 Å². The second kappa shape index (κ2) is 5.52. The van der Waals surface area contributed by atoms with Crippen LogP contribution in [0.4, 0.5) is 4.39 Å². The van der Waals surface area contributed by atoms with Crippen LogP contribution in [-0.2, 0) is 5.33 Å². The Balaban J connectivity index is 2.37. The van der Waals surface area contributed by atoms with Crippen molar-refractivity contribution in [2.75, 3.05) is 0 Å². The number of hydrogen-bond acceptors (Lipinski definition) is 1. The van der Waals surface area contributed by atoms with Crippen molar-refractivity contribution in [1.82, 2.24) is 0 Å². The molecule has 0 radical (unpaired) electrons. The molecular formula is C13H9BrClFO. The average molecular weight is 316 g/mol. The monoisotopic (exact) mass is 314 g/mol. The Labute approximate surface area is 112 Å². The van der Waals surface area contributed by atoms with Crippen molar-refractivity contribution in [2.24, 2.45) is 0 Å². The van der Waals surface area contributed by atoms with E-state index < -0.39 is 5.82 Å². The standard InChI is InChI=1S/C13H9BrClFO/c14-8-9-10(15)4-3-7-12(9)17-13-6-2-1-5-11(13)16/h1-7H,8H2. The lowest BCUT2D eigenvalue weighted by molar-refractivity contribution is 0.439. The van der Waals surface area contributed by atoms with Gasteiger partial charge in [-0.25, -0.2) is 4.39 Å². The van der Waals surface area contributed by atoms with Gasteiger partial charge >= 0.3 is 0 Å². The fourth-order valence-electron chi connectivity index (χ4n) is 1.41. The van der Waals surface area contributed by atoms with E-state index in [0.29, 0.717) is 16.1 Å². The van der Waals surface area contributed by atoms with Crippen molar-refractivity contribution in [3.8, 4) is 11.5 Å². The van der Waals surface area contributed by atoms with Gasteiger partial charge in [0.05, 0.1) is 0 Å². The summed E-state index contributed by atoms with van der Waals surface area (Å²) in [7, 11) is 0. The fourth-order valence-corrected chi connectivity index (χ4v) is 2.38. The van der Waals surface area contributed by atoms with E-state index in [1.54, 1.807) is 36.4 Å². The SMILES string of the molecule is Fc1ccccc1Oc1cccc(Cl)c1CBr. The molecule has 0 aliphatic rings. The Hall–Kier alpha value is -1.06. The van der Waals surface area contributed by atoms with E-state index in [1.165, 1.54) is 6.07 Å². The van der Waals surface area contributed by atoms with Crippen molar-refractivity contribution in [2.45, 2.75) is 5.33 Å². The first-order valence-electron chi connectivity index (χ1n) is 4.98. The minimum atomic E-state index is -0.395. The van der Waals surface area contributed by atoms with Crippen LogP contribution in [0.25, 0.3) is 0 Å². The third-order valence-corrected chi connectivity index (χ3v) is 3.18. The first kappa shape index (κ1) is 12.4. The Kier molecular flexibility index (Phi) is 4.02. The topological polar surface area (TPSA) is 9.23 Å². The van der Waals surface area contributed by atoms with E-state index in [4.69, 9.17) is 16.3 Å². The quantitative estimate of drug-likeness (QED) is 0.710. The minimum absolute atomic E-state index is 0.192. The number of benzene rings is 2. The van der Waals surface area contributed by atoms with Gasteiger partial charge in [0.1, 0.15) is 5.75 Å². The number of ether oxygens (including phenoxy) is 1. The highest BCUT2D eigenvalue weighted by Gasteiger charge is 2.09. The van der Waals surface area contributed by atoms with Gasteiger partial charge in [-0.1, -0.05) is 45.7 Å². The molecule has 1 nitrogen and oxygen atoms in total. The first-order chi connectivity index (χ1) is 8.22. The number of para-hydroxylation sites is 1. The zero-order valence-electron chi connectivity index (χ0n) is 8.79. The largest absolute Gasteiger partial charge is 0.454 e. The normalized spacial score (nSPS) is 10.3. The number of hydrogen-bond donors (Lipinski definition) is 0. The lowest BCUT2D eigenvalue weighted by Crippen LogP contribution is -1.92. The zero-order chi connectivity index (χ0) is 12.3. The molecule has 0 aliphatic carbocycles. The molecule has 0 aromatic heterocycles. The second-order valence-electron chi connectivity index (χ2n) is 3.38. The van der Waals surface area contributed by atoms with Crippen molar-refractivity contribution in [3.63, 3.8) is 0 Å². The number of halogens is 3. The van der Waals surface area contributed by atoms with Crippen LogP contribution < -0.4 is 4.74 Å². The highest BCUT2D eigenvalue weighted by Crippen LogP contribution is 2.32. The second-order valence-corrected chi connectivity index (χ2v) is 4.35. The van der Waals surface area contributed by atoms with Crippen molar-refractivity contribution in [3.05, 3.63) is 58.9 Å². The third kappa shape index (κ3) is 2.79. The van der Waals surface area contributed by atoms with Gasteiger partial charge in [0, 0.05) is 15.9 Å². The predicted octanol–water partition coefficient (Wildman–Crippen LogP) is 5.17. The van der Waals surface area contributed by atoms with Gasteiger partial charge in [0.25, 0.3) is 0 Å². The molecule has 4 heteroatoms. The minimum Gasteiger partial charge on any atom is -0.454 e. The summed E-state index contributed by atoms with van der Waals surface area (Å²) in [5.74, 6) is 0.351. The van der Waals surface area contributed by atoms with Crippen molar-refractivity contribution >= 4 is 27.5 Å². The summed E-state index contributed by atoms with van der Waals surface area (Å²) in [6.07, 6.45) is 0. The number of alkyl halides is 1. The first-order valence-corrected chi connectivity index (χ1v) is 6.48. The van der Waals surface area contributed by atoms with Gasteiger partial charge in [-0.15, -0.1) is 0 Å². The van der Waals surface area contributed by atoms with Crippen LogP contribution in [0.3, 0.4) is 0 Å². The molecule has 0 bridgehead atoms. The molecule has 0 saturated heterocycles. The summed E-state index contributed by atoms with van der Waals surface area (Å²) in [6, 6.07) is 11.6. The third-order valence-electron chi connectivity index (χ3n) is 2.27. The average Bonchev–Trinajstić information content (AvgIpc) is 2.32. The maximum absolute atomic E-state index is 13.4. The molecule has 2 aromatic carbocycles. The van der Waals surface area contributed by atoms with E-state index >= 15 is 0 Å². The highest BCUT2D eigenvalue weighted by atomic mass is 79.9. The van der Waals surface area contributed by atoms with E-state index in [2.05, 4.69) is 15.9 Å². The van der Waals surface area contributed by atoms with Gasteiger partial charge in [0.15, 0.2) is 11.6 Å². The van der Waals surface area contributed by atoms with Gasteiger partial charge < -0.3 is 4.74 Å². The maximum Gasteiger partial charge on any atom is 0.165 e. The molecule has 0 heterocycles.